The van der Waals surface area contributed by atoms with E-state index in [4.69, 9.17) is 5.11 Å². The van der Waals surface area contributed by atoms with Crippen LogP contribution in [0.4, 0.5) is 14.0 Å². The minimum absolute atomic E-state index is 0.0396. The highest BCUT2D eigenvalue weighted by atomic mass is 19.1. The zero-order valence-corrected chi connectivity index (χ0v) is 17.1. The van der Waals surface area contributed by atoms with Crippen molar-refractivity contribution in [2.24, 2.45) is 0 Å². The van der Waals surface area contributed by atoms with Crippen LogP contribution >= 0.6 is 0 Å². The van der Waals surface area contributed by atoms with E-state index in [1.807, 2.05) is 24.3 Å². The SMILES string of the molecule is O=C(O)N[C@@H]1CCC(O)(CNC(=O)N2CCc3ccccc3[C@@H]2c2ccc(F)cc2)C1. The van der Waals surface area contributed by atoms with E-state index in [1.165, 1.54) is 12.1 Å². The summed E-state index contributed by atoms with van der Waals surface area (Å²) in [6.45, 7) is 0.532. The molecule has 4 N–H and O–H groups in total. The van der Waals surface area contributed by atoms with Gasteiger partial charge < -0.3 is 25.7 Å². The molecule has 1 aliphatic heterocycles. The third kappa shape index (κ3) is 4.64. The Labute approximate surface area is 179 Å². The molecule has 0 saturated heterocycles. The van der Waals surface area contributed by atoms with Crippen molar-refractivity contribution in [2.75, 3.05) is 13.1 Å². The molecule has 164 valence electrons. The number of halogens is 1. The average Bonchev–Trinajstić information content (AvgIpc) is 3.12. The molecule has 1 unspecified atom stereocenters. The molecule has 7 nitrogen and oxygen atoms in total. The van der Waals surface area contributed by atoms with Gasteiger partial charge in [-0.2, -0.15) is 0 Å². The van der Waals surface area contributed by atoms with Gasteiger partial charge in [-0.25, -0.2) is 14.0 Å². The molecule has 2 aromatic carbocycles. The number of fused-ring (bicyclic) bond motifs is 1. The topological polar surface area (TPSA) is 102 Å². The molecule has 1 aliphatic carbocycles. The molecule has 0 radical (unpaired) electrons. The van der Waals surface area contributed by atoms with Crippen LogP contribution in [0.15, 0.2) is 48.5 Å². The molecule has 0 aromatic heterocycles. The maximum atomic E-state index is 13.5. The van der Waals surface area contributed by atoms with Crippen LogP contribution in [0.2, 0.25) is 0 Å². The number of rotatable bonds is 4. The van der Waals surface area contributed by atoms with Crippen molar-refractivity contribution in [2.45, 2.75) is 43.4 Å². The number of carbonyl (C=O) groups is 2. The summed E-state index contributed by atoms with van der Waals surface area (Å²) in [5.41, 5.74) is 1.81. The van der Waals surface area contributed by atoms with Gasteiger partial charge in [0.25, 0.3) is 0 Å². The van der Waals surface area contributed by atoms with Crippen LogP contribution in [0.5, 0.6) is 0 Å². The first-order valence-electron chi connectivity index (χ1n) is 10.4. The largest absolute Gasteiger partial charge is 0.465 e. The molecule has 1 heterocycles. The molecule has 4 rings (SSSR count). The number of hydrogen-bond donors (Lipinski definition) is 4. The van der Waals surface area contributed by atoms with Gasteiger partial charge in [0.15, 0.2) is 0 Å². The number of carboxylic acid groups (broad SMARTS) is 1. The molecular weight excluding hydrogens is 401 g/mol. The lowest BCUT2D eigenvalue weighted by Crippen LogP contribution is -2.50. The third-order valence-electron chi connectivity index (χ3n) is 6.21. The van der Waals surface area contributed by atoms with Gasteiger partial charge in [0.2, 0.25) is 0 Å². The van der Waals surface area contributed by atoms with Crippen molar-refractivity contribution >= 4 is 12.1 Å². The molecule has 1 saturated carbocycles. The number of nitrogens with zero attached hydrogens (tertiary/aromatic N) is 1. The fourth-order valence-corrected chi connectivity index (χ4v) is 4.70. The Morgan fingerprint density at radius 3 is 2.65 bits per heavy atom. The number of hydrogen-bond acceptors (Lipinski definition) is 3. The highest BCUT2D eigenvalue weighted by Gasteiger charge is 2.39. The number of nitrogens with one attached hydrogen (secondary N) is 2. The molecule has 1 fully saturated rings. The summed E-state index contributed by atoms with van der Waals surface area (Å²) in [5, 5.41) is 24.9. The molecule has 0 bridgehead atoms. The smallest absolute Gasteiger partial charge is 0.404 e. The number of amides is 3. The van der Waals surface area contributed by atoms with Crippen molar-refractivity contribution in [1.82, 2.24) is 15.5 Å². The molecule has 8 heteroatoms. The van der Waals surface area contributed by atoms with E-state index in [0.717, 1.165) is 16.7 Å². The summed E-state index contributed by atoms with van der Waals surface area (Å²) in [6.07, 6.45) is 0.767. The standard InChI is InChI=1S/C23H26FN3O4/c24-17-7-5-16(6-8-17)20-19-4-2-1-3-15(19)10-12-27(20)21(28)25-14-23(31)11-9-18(13-23)26-22(29)30/h1-8,18,20,26,31H,9-14H2,(H,25,28)(H,29,30)/t18-,20+,23?/m1/s1. The fraction of sp³-hybridized carbons (Fsp3) is 0.391. The zero-order valence-electron chi connectivity index (χ0n) is 17.1. The zero-order chi connectivity index (χ0) is 22.0. The van der Waals surface area contributed by atoms with Gasteiger partial charge in [0.1, 0.15) is 5.82 Å². The van der Waals surface area contributed by atoms with Crippen LogP contribution in [-0.4, -0.2) is 52.0 Å². The van der Waals surface area contributed by atoms with E-state index < -0.39 is 11.7 Å². The van der Waals surface area contributed by atoms with Crippen LogP contribution in [0.3, 0.4) is 0 Å². The van der Waals surface area contributed by atoms with Crippen LogP contribution in [0.1, 0.15) is 42.0 Å². The second kappa shape index (κ2) is 8.55. The lowest BCUT2D eigenvalue weighted by molar-refractivity contribution is 0.0456. The number of benzene rings is 2. The van der Waals surface area contributed by atoms with Gasteiger partial charge in [0.05, 0.1) is 11.6 Å². The van der Waals surface area contributed by atoms with Crippen molar-refractivity contribution in [3.8, 4) is 0 Å². The predicted octanol–water partition coefficient (Wildman–Crippen LogP) is 3.03. The first-order chi connectivity index (χ1) is 14.8. The Bertz CT molecular complexity index is 968. The number of aliphatic hydroxyl groups is 1. The van der Waals surface area contributed by atoms with E-state index in [1.54, 1.807) is 17.0 Å². The van der Waals surface area contributed by atoms with Gasteiger partial charge in [0, 0.05) is 19.1 Å². The van der Waals surface area contributed by atoms with Gasteiger partial charge in [-0.15, -0.1) is 0 Å². The maximum absolute atomic E-state index is 13.5. The summed E-state index contributed by atoms with van der Waals surface area (Å²) in [7, 11) is 0. The highest BCUT2D eigenvalue weighted by Crippen LogP contribution is 2.35. The summed E-state index contributed by atoms with van der Waals surface area (Å²) in [4.78, 5) is 25.7. The van der Waals surface area contributed by atoms with Crippen LogP contribution < -0.4 is 10.6 Å². The summed E-state index contributed by atoms with van der Waals surface area (Å²) < 4.78 is 13.5. The molecule has 3 amide bonds. The van der Waals surface area contributed by atoms with E-state index >= 15 is 0 Å². The summed E-state index contributed by atoms with van der Waals surface area (Å²) in [6, 6.07) is 13.1. The van der Waals surface area contributed by atoms with Crippen molar-refractivity contribution < 1.29 is 24.2 Å². The lowest BCUT2D eigenvalue weighted by atomic mass is 9.88. The second-order valence-corrected chi connectivity index (χ2v) is 8.37. The lowest BCUT2D eigenvalue weighted by Gasteiger charge is -2.38. The van der Waals surface area contributed by atoms with E-state index in [-0.39, 0.29) is 36.9 Å². The van der Waals surface area contributed by atoms with E-state index in [2.05, 4.69) is 10.6 Å². The summed E-state index contributed by atoms with van der Waals surface area (Å²) >= 11 is 0. The Hall–Kier alpha value is -3.13. The van der Waals surface area contributed by atoms with E-state index in [0.29, 0.717) is 25.8 Å². The predicted molar refractivity (Wildman–Crippen MR) is 112 cm³/mol. The third-order valence-corrected chi connectivity index (χ3v) is 6.21. The van der Waals surface area contributed by atoms with Gasteiger partial charge in [-0.3, -0.25) is 0 Å². The minimum Gasteiger partial charge on any atom is -0.465 e. The van der Waals surface area contributed by atoms with Gasteiger partial charge >= 0.3 is 12.1 Å². The quantitative estimate of drug-likeness (QED) is 0.602. The van der Waals surface area contributed by atoms with E-state index in [9.17, 15) is 19.1 Å². The van der Waals surface area contributed by atoms with Gasteiger partial charge in [-0.1, -0.05) is 36.4 Å². The van der Waals surface area contributed by atoms with Crippen molar-refractivity contribution in [1.29, 1.82) is 0 Å². The van der Waals surface area contributed by atoms with Crippen LogP contribution in [-0.2, 0) is 6.42 Å². The summed E-state index contributed by atoms with van der Waals surface area (Å²) in [5.74, 6) is -0.336. The number of carbonyl (C=O) groups excluding carboxylic acids is 1. The Kier molecular flexibility index (Phi) is 5.82. The highest BCUT2D eigenvalue weighted by molar-refractivity contribution is 5.76. The minimum atomic E-state index is -1.15. The molecule has 3 atom stereocenters. The first kappa shape index (κ1) is 21.1. The average molecular weight is 427 g/mol. The number of urea groups is 1. The Morgan fingerprint density at radius 1 is 1.16 bits per heavy atom. The first-order valence-corrected chi connectivity index (χ1v) is 10.4. The molecule has 2 aromatic rings. The Balaban J connectivity index is 1.50. The maximum Gasteiger partial charge on any atom is 0.404 e. The van der Waals surface area contributed by atoms with Crippen LogP contribution in [0, 0.1) is 5.82 Å². The normalized spacial score (nSPS) is 25.0. The fourth-order valence-electron chi connectivity index (χ4n) is 4.70. The monoisotopic (exact) mass is 427 g/mol. The second-order valence-electron chi connectivity index (χ2n) is 8.37. The van der Waals surface area contributed by atoms with Crippen molar-refractivity contribution in [3.63, 3.8) is 0 Å². The molecular formula is C23H26FN3O4. The van der Waals surface area contributed by atoms with Crippen LogP contribution in [0.25, 0.3) is 0 Å². The van der Waals surface area contributed by atoms with Gasteiger partial charge in [-0.05, 0) is 54.5 Å². The molecule has 0 spiro atoms. The van der Waals surface area contributed by atoms with Crippen molar-refractivity contribution in [3.05, 3.63) is 71.0 Å². The Morgan fingerprint density at radius 2 is 1.90 bits per heavy atom. The molecule has 31 heavy (non-hydrogen) atoms. The molecule has 2 aliphatic rings.